The Labute approximate surface area is 341 Å². The third kappa shape index (κ3) is 42.9. The predicted molar refractivity (Wildman–Crippen MR) is 233 cm³/mol. The summed E-state index contributed by atoms with van der Waals surface area (Å²) in [5.41, 5.74) is 0. The molecule has 6 nitrogen and oxygen atoms in total. The van der Waals surface area contributed by atoms with E-state index in [2.05, 4.69) is 45.1 Å². The number of carbonyl (C=O) groups excluding carboxylic acids is 3. The van der Waals surface area contributed by atoms with Gasteiger partial charge in [0.25, 0.3) is 0 Å². The molecule has 0 aliphatic rings. The summed E-state index contributed by atoms with van der Waals surface area (Å²) in [7, 11) is 0. The largest absolute Gasteiger partial charge is 0.462 e. The molecule has 1 unspecified atom stereocenters. The van der Waals surface area contributed by atoms with Gasteiger partial charge in [-0.1, -0.05) is 193 Å². The molecule has 0 heterocycles. The van der Waals surface area contributed by atoms with E-state index < -0.39 is 6.10 Å². The van der Waals surface area contributed by atoms with Crippen LogP contribution in [0.3, 0.4) is 0 Å². The molecule has 0 aliphatic carbocycles. The minimum atomic E-state index is -0.771. The number of allylic oxidation sites excluding steroid dienone is 4. The topological polar surface area (TPSA) is 78.9 Å². The summed E-state index contributed by atoms with van der Waals surface area (Å²) in [6.45, 7) is 6.58. The maximum atomic E-state index is 12.7. The van der Waals surface area contributed by atoms with Crippen molar-refractivity contribution in [2.45, 2.75) is 258 Å². The van der Waals surface area contributed by atoms with Crippen molar-refractivity contribution in [1.29, 1.82) is 0 Å². The molecule has 0 aliphatic heterocycles. The number of unbranched alkanes of at least 4 members (excludes halogenated alkanes) is 28. The zero-order chi connectivity index (χ0) is 40.1. The van der Waals surface area contributed by atoms with Crippen LogP contribution in [0.2, 0.25) is 0 Å². The summed E-state index contributed by atoms with van der Waals surface area (Å²) in [5, 5.41) is 0. The molecule has 6 heteroatoms. The summed E-state index contributed by atoms with van der Waals surface area (Å²) in [6.07, 6.45) is 48.7. The molecule has 0 aromatic carbocycles. The molecule has 0 rings (SSSR count). The van der Waals surface area contributed by atoms with E-state index in [0.717, 1.165) is 70.6 Å². The Morgan fingerprint density at radius 1 is 0.345 bits per heavy atom. The van der Waals surface area contributed by atoms with Crippen LogP contribution in [-0.4, -0.2) is 37.2 Å². The van der Waals surface area contributed by atoms with Crippen molar-refractivity contribution in [3.05, 3.63) is 24.3 Å². The van der Waals surface area contributed by atoms with Gasteiger partial charge in [-0.05, 0) is 64.2 Å². The van der Waals surface area contributed by atoms with Crippen LogP contribution < -0.4 is 0 Å². The van der Waals surface area contributed by atoms with E-state index in [-0.39, 0.29) is 31.1 Å². The van der Waals surface area contributed by atoms with E-state index in [9.17, 15) is 14.4 Å². The van der Waals surface area contributed by atoms with Gasteiger partial charge in [-0.3, -0.25) is 14.4 Å². The minimum absolute atomic E-state index is 0.0753. The molecular weight excluding hydrogens is 685 g/mol. The van der Waals surface area contributed by atoms with Crippen molar-refractivity contribution < 1.29 is 28.6 Å². The molecule has 0 saturated carbocycles. The smallest absolute Gasteiger partial charge is 0.306 e. The maximum Gasteiger partial charge on any atom is 0.306 e. The van der Waals surface area contributed by atoms with E-state index in [1.54, 1.807) is 0 Å². The Morgan fingerprint density at radius 2 is 0.618 bits per heavy atom. The van der Waals surface area contributed by atoms with Gasteiger partial charge in [0.2, 0.25) is 0 Å². The fourth-order valence-electron chi connectivity index (χ4n) is 6.77. The lowest BCUT2D eigenvalue weighted by Crippen LogP contribution is -2.30. The summed E-state index contributed by atoms with van der Waals surface area (Å²) < 4.78 is 16.7. The highest BCUT2D eigenvalue weighted by atomic mass is 16.6. The molecule has 55 heavy (non-hydrogen) atoms. The fraction of sp³-hybridized carbons (Fsp3) is 0.857. The van der Waals surface area contributed by atoms with Gasteiger partial charge in [0.1, 0.15) is 13.2 Å². The van der Waals surface area contributed by atoms with Gasteiger partial charge in [0, 0.05) is 19.3 Å². The van der Waals surface area contributed by atoms with Crippen LogP contribution in [0, 0.1) is 0 Å². The Bertz CT molecular complexity index is 896. The molecule has 0 bridgehead atoms. The van der Waals surface area contributed by atoms with Crippen LogP contribution in [0.5, 0.6) is 0 Å². The molecule has 0 amide bonds. The van der Waals surface area contributed by atoms with E-state index in [0.29, 0.717) is 19.3 Å². The second-order valence-electron chi connectivity index (χ2n) is 16.0. The van der Waals surface area contributed by atoms with Crippen LogP contribution in [-0.2, 0) is 28.6 Å². The fourth-order valence-corrected chi connectivity index (χ4v) is 6.77. The van der Waals surface area contributed by atoms with Crippen molar-refractivity contribution in [3.8, 4) is 0 Å². The molecule has 0 aromatic rings. The first-order valence-electron chi connectivity index (χ1n) is 23.8. The van der Waals surface area contributed by atoms with Crippen LogP contribution in [0.1, 0.15) is 252 Å². The van der Waals surface area contributed by atoms with Gasteiger partial charge >= 0.3 is 17.9 Å². The van der Waals surface area contributed by atoms with Crippen molar-refractivity contribution >= 4 is 17.9 Å². The van der Waals surface area contributed by atoms with Gasteiger partial charge in [0.15, 0.2) is 6.10 Å². The van der Waals surface area contributed by atoms with E-state index >= 15 is 0 Å². The Morgan fingerprint density at radius 3 is 0.982 bits per heavy atom. The molecule has 0 radical (unpaired) electrons. The molecule has 0 fully saturated rings. The first kappa shape index (κ1) is 52.9. The molecular formula is C49H90O6. The number of carbonyl (C=O) groups is 3. The number of hydrogen-bond donors (Lipinski definition) is 0. The SMILES string of the molecule is CCCC/C=C\CCCCCCCC(=O)OCC(COC(=O)CCCCCCC/C=C\CCCCCC)OC(=O)CCCCCCCCCCCCCCC. The van der Waals surface area contributed by atoms with Crippen LogP contribution in [0.4, 0.5) is 0 Å². The number of esters is 3. The average Bonchev–Trinajstić information content (AvgIpc) is 3.18. The third-order valence-corrected chi connectivity index (χ3v) is 10.4. The predicted octanol–water partition coefficient (Wildman–Crippen LogP) is 15.2. The lowest BCUT2D eigenvalue weighted by Gasteiger charge is -2.18. The standard InChI is InChI=1S/C49H90O6/c1-4-7-10-13-16-19-22-24-27-30-33-36-39-42-48(51)54-45-46(44-53-47(50)41-38-35-32-29-26-21-18-15-12-9-6-3)55-49(52)43-40-37-34-31-28-25-23-20-17-14-11-8-5-2/h15,18-19,22,46H,4-14,16-17,20-21,23-45H2,1-3H3/b18-15-,22-19-. The quantitative estimate of drug-likeness (QED) is 0.0266. The monoisotopic (exact) mass is 775 g/mol. The molecule has 0 N–H and O–H groups in total. The summed E-state index contributed by atoms with van der Waals surface area (Å²) in [4.78, 5) is 37.8. The summed E-state index contributed by atoms with van der Waals surface area (Å²) >= 11 is 0. The highest BCUT2D eigenvalue weighted by molar-refractivity contribution is 5.71. The van der Waals surface area contributed by atoms with Gasteiger partial charge in [-0.2, -0.15) is 0 Å². The molecule has 322 valence electrons. The minimum Gasteiger partial charge on any atom is -0.462 e. The number of hydrogen-bond acceptors (Lipinski definition) is 6. The second-order valence-corrected chi connectivity index (χ2v) is 16.0. The molecule has 0 saturated heterocycles. The van der Waals surface area contributed by atoms with Gasteiger partial charge < -0.3 is 14.2 Å². The number of rotatable bonds is 43. The molecule has 0 spiro atoms. The first-order chi connectivity index (χ1) is 27.0. The van der Waals surface area contributed by atoms with Crippen molar-refractivity contribution in [2.75, 3.05) is 13.2 Å². The zero-order valence-corrected chi connectivity index (χ0v) is 36.7. The van der Waals surface area contributed by atoms with Crippen molar-refractivity contribution in [3.63, 3.8) is 0 Å². The Hall–Kier alpha value is -2.11. The molecule has 0 aromatic heterocycles. The lowest BCUT2D eigenvalue weighted by atomic mass is 10.0. The Balaban J connectivity index is 4.37. The average molecular weight is 775 g/mol. The summed E-state index contributed by atoms with van der Waals surface area (Å²) in [6, 6.07) is 0. The highest BCUT2D eigenvalue weighted by Crippen LogP contribution is 2.15. The maximum absolute atomic E-state index is 12.7. The normalized spacial score (nSPS) is 12.1. The van der Waals surface area contributed by atoms with Gasteiger partial charge in [-0.25, -0.2) is 0 Å². The van der Waals surface area contributed by atoms with Crippen molar-refractivity contribution in [1.82, 2.24) is 0 Å². The van der Waals surface area contributed by atoms with E-state index in [1.807, 2.05) is 0 Å². The zero-order valence-electron chi connectivity index (χ0n) is 36.7. The van der Waals surface area contributed by atoms with Gasteiger partial charge in [0.05, 0.1) is 0 Å². The highest BCUT2D eigenvalue weighted by Gasteiger charge is 2.19. The Kier molecular flexibility index (Phi) is 42.9. The van der Waals surface area contributed by atoms with Gasteiger partial charge in [-0.15, -0.1) is 0 Å². The van der Waals surface area contributed by atoms with Crippen molar-refractivity contribution in [2.24, 2.45) is 0 Å². The van der Waals surface area contributed by atoms with Crippen LogP contribution in [0.15, 0.2) is 24.3 Å². The van der Waals surface area contributed by atoms with Crippen LogP contribution >= 0.6 is 0 Å². The van der Waals surface area contributed by atoms with E-state index in [1.165, 1.54) is 141 Å². The first-order valence-corrected chi connectivity index (χ1v) is 23.8. The lowest BCUT2D eigenvalue weighted by molar-refractivity contribution is -0.167. The summed E-state index contributed by atoms with van der Waals surface area (Å²) in [5.74, 6) is -0.886. The third-order valence-electron chi connectivity index (χ3n) is 10.4. The van der Waals surface area contributed by atoms with Crippen LogP contribution in [0.25, 0.3) is 0 Å². The molecule has 1 atom stereocenters. The van der Waals surface area contributed by atoms with E-state index in [4.69, 9.17) is 14.2 Å². The number of ether oxygens (including phenoxy) is 3. The second kappa shape index (κ2) is 44.6.